The Morgan fingerprint density at radius 3 is 2.27 bits per heavy atom. The third-order valence-corrected chi connectivity index (χ3v) is 5.42. The second-order valence-corrected chi connectivity index (χ2v) is 6.60. The summed E-state index contributed by atoms with van der Waals surface area (Å²) in [7, 11) is 4.30. The van der Waals surface area contributed by atoms with Gasteiger partial charge >= 0.3 is 0 Å². The second kappa shape index (κ2) is 5.11. The van der Waals surface area contributed by atoms with E-state index < -0.39 is 0 Å². The van der Waals surface area contributed by atoms with Gasteiger partial charge < -0.3 is 18.9 Å². The predicted octanol–water partition coefficient (Wildman–Crippen LogP) is 2.49. The second-order valence-electron chi connectivity index (χ2n) is 6.60. The Morgan fingerprint density at radius 1 is 0.909 bits per heavy atom. The minimum atomic E-state index is -0.337. The lowest BCUT2D eigenvalue weighted by Gasteiger charge is -2.48. The average Bonchev–Trinajstić information content (AvgIpc) is 3.17. The molecule has 1 saturated heterocycles. The van der Waals surface area contributed by atoms with E-state index in [0.29, 0.717) is 6.79 Å². The summed E-state index contributed by atoms with van der Waals surface area (Å²) in [5.74, 6) is 1.36. The summed E-state index contributed by atoms with van der Waals surface area (Å²) in [6, 6.07) is 6.33. The molecule has 2 heterocycles. The lowest BCUT2D eigenvalue weighted by Crippen LogP contribution is -2.49. The van der Waals surface area contributed by atoms with E-state index in [1.807, 2.05) is 6.07 Å². The molecule has 0 radical (unpaired) electrons. The Balaban J connectivity index is 1.64. The first-order valence-corrected chi connectivity index (χ1v) is 7.99. The summed E-state index contributed by atoms with van der Waals surface area (Å²) in [4.78, 5) is 2.33. The number of hydrogen-bond donors (Lipinski definition) is 0. The smallest absolute Gasteiger partial charge is 0.231 e. The van der Waals surface area contributed by atoms with E-state index in [9.17, 15) is 0 Å². The van der Waals surface area contributed by atoms with E-state index in [1.54, 1.807) is 0 Å². The fourth-order valence-electron chi connectivity index (χ4n) is 4.01. The first-order chi connectivity index (χ1) is 10.6. The molecule has 1 aliphatic carbocycles. The Hall–Kier alpha value is -1.30. The number of rotatable bonds is 2. The van der Waals surface area contributed by atoms with E-state index >= 15 is 0 Å². The molecule has 0 aromatic heterocycles. The standard InChI is InChI=1S/C17H23NO4/c1-18(2)16(5-7-17(8-6-16)21-9-10-22-17)13-3-4-14-15(11-13)20-12-19-14/h3-4,11H,5-10,12H2,1-2H3. The summed E-state index contributed by atoms with van der Waals surface area (Å²) in [6.07, 6.45) is 3.89. The summed E-state index contributed by atoms with van der Waals surface area (Å²) in [5, 5.41) is 0. The normalized spacial score (nSPS) is 25.0. The van der Waals surface area contributed by atoms with Crippen LogP contribution in [-0.4, -0.2) is 44.8 Å². The van der Waals surface area contributed by atoms with E-state index in [-0.39, 0.29) is 11.3 Å². The lowest BCUT2D eigenvalue weighted by molar-refractivity contribution is -0.193. The largest absolute Gasteiger partial charge is 0.454 e. The molecule has 2 fully saturated rings. The highest BCUT2D eigenvalue weighted by molar-refractivity contribution is 5.46. The van der Waals surface area contributed by atoms with Gasteiger partial charge in [0.25, 0.3) is 0 Å². The van der Waals surface area contributed by atoms with Crippen LogP contribution in [0.1, 0.15) is 31.2 Å². The zero-order valence-corrected chi connectivity index (χ0v) is 13.3. The molecule has 0 atom stereocenters. The number of ether oxygens (including phenoxy) is 4. The van der Waals surface area contributed by atoms with Crippen LogP contribution in [0.25, 0.3) is 0 Å². The Kier molecular flexibility index (Phi) is 3.33. The summed E-state index contributed by atoms with van der Waals surface area (Å²) < 4.78 is 22.8. The third kappa shape index (κ3) is 2.11. The van der Waals surface area contributed by atoms with Crippen LogP contribution in [0, 0.1) is 0 Å². The Morgan fingerprint density at radius 2 is 1.59 bits per heavy atom. The number of benzene rings is 1. The summed E-state index contributed by atoms with van der Waals surface area (Å²) in [5.41, 5.74) is 1.29. The van der Waals surface area contributed by atoms with Crippen molar-refractivity contribution < 1.29 is 18.9 Å². The zero-order valence-electron chi connectivity index (χ0n) is 13.3. The molecule has 0 N–H and O–H groups in total. The van der Waals surface area contributed by atoms with Gasteiger partial charge in [0.2, 0.25) is 6.79 Å². The number of nitrogens with zero attached hydrogens (tertiary/aromatic N) is 1. The van der Waals surface area contributed by atoms with Crippen molar-refractivity contribution in [2.24, 2.45) is 0 Å². The van der Waals surface area contributed by atoms with E-state index in [2.05, 4.69) is 31.1 Å². The van der Waals surface area contributed by atoms with Crippen molar-refractivity contribution in [2.45, 2.75) is 37.0 Å². The van der Waals surface area contributed by atoms with Crippen LogP contribution in [0.5, 0.6) is 11.5 Å². The third-order valence-electron chi connectivity index (χ3n) is 5.42. The van der Waals surface area contributed by atoms with Crippen molar-refractivity contribution in [3.05, 3.63) is 23.8 Å². The van der Waals surface area contributed by atoms with Gasteiger partial charge in [-0.05, 0) is 44.6 Å². The minimum absolute atomic E-state index is 0.00153. The molecular formula is C17H23NO4. The van der Waals surface area contributed by atoms with Crippen molar-refractivity contribution in [1.29, 1.82) is 0 Å². The molecule has 1 spiro atoms. The molecule has 4 rings (SSSR count). The first-order valence-electron chi connectivity index (χ1n) is 7.99. The van der Waals surface area contributed by atoms with Crippen molar-refractivity contribution in [3.63, 3.8) is 0 Å². The molecule has 22 heavy (non-hydrogen) atoms. The number of fused-ring (bicyclic) bond motifs is 1. The van der Waals surface area contributed by atoms with Gasteiger partial charge in [-0.2, -0.15) is 0 Å². The molecule has 1 aromatic rings. The minimum Gasteiger partial charge on any atom is -0.454 e. The Bertz CT molecular complexity index is 556. The van der Waals surface area contributed by atoms with Crippen molar-refractivity contribution >= 4 is 0 Å². The zero-order chi connectivity index (χ0) is 15.2. The van der Waals surface area contributed by atoms with Gasteiger partial charge in [-0.25, -0.2) is 0 Å². The van der Waals surface area contributed by atoms with Crippen molar-refractivity contribution in [1.82, 2.24) is 4.90 Å². The molecule has 0 amide bonds. The summed E-state index contributed by atoms with van der Waals surface area (Å²) >= 11 is 0. The van der Waals surface area contributed by atoms with Crippen LogP contribution in [-0.2, 0) is 15.0 Å². The van der Waals surface area contributed by atoms with Crippen molar-refractivity contribution in [3.8, 4) is 11.5 Å². The highest BCUT2D eigenvalue weighted by atomic mass is 16.7. The predicted molar refractivity (Wildman–Crippen MR) is 81.0 cm³/mol. The van der Waals surface area contributed by atoms with Crippen LogP contribution < -0.4 is 9.47 Å². The maximum absolute atomic E-state index is 5.88. The monoisotopic (exact) mass is 305 g/mol. The molecule has 120 valence electrons. The van der Waals surface area contributed by atoms with Gasteiger partial charge in [0.1, 0.15) is 0 Å². The van der Waals surface area contributed by atoms with Gasteiger partial charge in [-0.1, -0.05) is 6.07 Å². The van der Waals surface area contributed by atoms with Crippen LogP contribution in [0.4, 0.5) is 0 Å². The van der Waals surface area contributed by atoms with Crippen LogP contribution >= 0.6 is 0 Å². The number of hydrogen-bond acceptors (Lipinski definition) is 5. The molecule has 1 saturated carbocycles. The van der Waals surface area contributed by atoms with E-state index in [0.717, 1.165) is 50.4 Å². The molecule has 5 nitrogen and oxygen atoms in total. The molecule has 0 unspecified atom stereocenters. The molecule has 3 aliphatic rings. The maximum Gasteiger partial charge on any atom is 0.231 e. The molecule has 2 aliphatic heterocycles. The SMILES string of the molecule is CN(C)C1(c2ccc3c(c2)OCO3)CCC2(CC1)OCCO2. The van der Waals surface area contributed by atoms with E-state index in [1.165, 1.54) is 5.56 Å². The van der Waals surface area contributed by atoms with Crippen LogP contribution in [0.2, 0.25) is 0 Å². The average molecular weight is 305 g/mol. The lowest BCUT2D eigenvalue weighted by atomic mass is 9.73. The van der Waals surface area contributed by atoms with Gasteiger partial charge in [-0.15, -0.1) is 0 Å². The molecule has 1 aromatic carbocycles. The van der Waals surface area contributed by atoms with E-state index in [4.69, 9.17) is 18.9 Å². The highest BCUT2D eigenvalue weighted by Gasteiger charge is 2.48. The molecule has 5 heteroatoms. The maximum atomic E-state index is 5.88. The topological polar surface area (TPSA) is 40.2 Å². The molecular weight excluding hydrogens is 282 g/mol. The summed E-state index contributed by atoms with van der Waals surface area (Å²) in [6.45, 7) is 1.76. The van der Waals surface area contributed by atoms with Crippen LogP contribution in [0.15, 0.2) is 18.2 Å². The fourth-order valence-corrected chi connectivity index (χ4v) is 4.01. The van der Waals surface area contributed by atoms with Gasteiger partial charge in [0.05, 0.1) is 13.2 Å². The van der Waals surface area contributed by atoms with Crippen molar-refractivity contribution in [2.75, 3.05) is 34.1 Å². The molecule has 0 bridgehead atoms. The Labute approximate surface area is 131 Å². The quantitative estimate of drug-likeness (QED) is 0.839. The van der Waals surface area contributed by atoms with Gasteiger partial charge in [-0.3, -0.25) is 4.90 Å². The fraction of sp³-hybridized carbons (Fsp3) is 0.647. The highest BCUT2D eigenvalue weighted by Crippen LogP contribution is 2.49. The van der Waals surface area contributed by atoms with Gasteiger partial charge in [0.15, 0.2) is 17.3 Å². The first kappa shape index (κ1) is 14.3. The van der Waals surface area contributed by atoms with Gasteiger partial charge in [0, 0.05) is 18.4 Å². The van der Waals surface area contributed by atoms with Crippen LogP contribution in [0.3, 0.4) is 0 Å².